The molecule has 1 aromatic carbocycles. The van der Waals surface area contributed by atoms with Gasteiger partial charge in [0.05, 0.1) is 6.04 Å². The van der Waals surface area contributed by atoms with Crippen LogP contribution in [0.15, 0.2) is 24.3 Å². The van der Waals surface area contributed by atoms with E-state index in [0.29, 0.717) is 12.8 Å². The first-order valence-electron chi connectivity index (χ1n) is 7.89. The average molecular weight is 305 g/mol. The zero-order valence-electron chi connectivity index (χ0n) is 13.9. The molecule has 1 atom stereocenters. The first kappa shape index (κ1) is 18.4. The van der Waals surface area contributed by atoms with Crippen LogP contribution >= 0.6 is 0 Å². The summed E-state index contributed by atoms with van der Waals surface area (Å²) in [5.74, 6) is 0.379. The highest BCUT2D eigenvalue weighted by Crippen LogP contribution is 2.13. The minimum absolute atomic E-state index is 0.0265. The summed E-state index contributed by atoms with van der Waals surface area (Å²) in [4.78, 5) is 24.1. The first-order chi connectivity index (χ1) is 10.3. The highest BCUT2D eigenvalue weighted by molar-refractivity contribution is 5.89. The Kier molecular flexibility index (Phi) is 7.25. The summed E-state index contributed by atoms with van der Waals surface area (Å²) in [5.41, 5.74) is 0.986. The summed E-state index contributed by atoms with van der Waals surface area (Å²) in [5, 5.41) is 12.6. The molecular weight excluding hydrogens is 278 g/mol. The van der Waals surface area contributed by atoms with E-state index < -0.39 is 0 Å². The molecule has 0 spiro atoms. The van der Waals surface area contributed by atoms with E-state index in [1.807, 2.05) is 39.8 Å². The van der Waals surface area contributed by atoms with E-state index in [1.165, 1.54) is 0 Å². The van der Waals surface area contributed by atoms with Crippen molar-refractivity contribution in [2.75, 3.05) is 0 Å². The van der Waals surface area contributed by atoms with Crippen molar-refractivity contribution in [3.8, 4) is 5.75 Å². The van der Waals surface area contributed by atoms with Crippen LogP contribution in [-0.2, 0) is 16.0 Å². The Morgan fingerprint density at radius 1 is 1.00 bits per heavy atom. The summed E-state index contributed by atoms with van der Waals surface area (Å²) in [7, 11) is 0. The molecule has 1 rings (SSSR count). The zero-order valence-corrected chi connectivity index (χ0v) is 13.9. The lowest BCUT2D eigenvalue weighted by Gasteiger charge is -2.20. The third-order valence-electron chi connectivity index (χ3n) is 3.56. The van der Waals surface area contributed by atoms with E-state index >= 15 is 0 Å². The van der Waals surface area contributed by atoms with Gasteiger partial charge in [-0.25, -0.2) is 0 Å². The molecule has 1 aromatic rings. The third-order valence-corrected chi connectivity index (χ3v) is 3.56. The van der Waals surface area contributed by atoms with Gasteiger partial charge in [-0.2, -0.15) is 0 Å². The van der Waals surface area contributed by atoms with Crippen LogP contribution in [-0.4, -0.2) is 28.8 Å². The summed E-state index contributed by atoms with van der Waals surface area (Å²) in [6, 6.07) is 6.76. The molecule has 0 fully saturated rings. The Balaban J connectivity index is 2.68. The van der Waals surface area contributed by atoms with Crippen LogP contribution in [0.1, 0.15) is 46.1 Å². The fourth-order valence-electron chi connectivity index (χ4n) is 2.25. The molecule has 0 saturated carbocycles. The smallest absolute Gasteiger partial charge is 0.150 e. The summed E-state index contributed by atoms with van der Waals surface area (Å²) >= 11 is 0. The Bertz CT molecular complexity index is 492. The van der Waals surface area contributed by atoms with Gasteiger partial charge in [-0.05, 0) is 24.1 Å². The van der Waals surface area contributed by atoms with Crippen LogP contribution in [0.4, 0.5) is 0 Å². The van der Waals surface area contributed by atoms with Gasteiger partial charge < -0.3 is 10.4 Å². The molecule has 0 heterocycles. The van der Waals surface area contributed by atoms with Gasteiger partial charge in [0, 0.05) is 24.8 Å². The van der Waals surface area contributed by atoms with Gasteiger partial charge in [0.2, 0.25) is 0 Å². The molecule has 0 amide bonds. The number of ketones is 2. The summed E-state index contributed by atoms with van der Waals surface area (Å²) in [6.07, 6.45) is 1.15. The van der Waals surface area contributed by atoms with E-state index in [0.717, 1.165) is 5.56 Å². The molecule has 0 saturated heterocycles. The normalized spacial score (nSPS) is 12.6. The largest absolute Gasteiger partial charge is 0.508 e. The number of carbonyl (C=O) groups excluding carboxylic acids is 2. The number of aromatic hydroxyl groups is 1. The maximum absolute atomic E-state index is 12.4. The number of Topliss-reactive ketones (excluding diaryl/α,β-unsaturated/α-hetero) is 2. The molecule has 0 aromatic heterocycles. The molecule has 122 valence electrons. The molecule has 2 N–H and O–H groups in total. The lowest BCUT2D eigenvalue weighted by atomic mass is 9.96. The van der Waals surface area contributed by atoms with Crippen LogP contribution in [0.5, 0.6) is 5.75 Å². The molecular formula is C18H27NO3. The molecule has 1 unspecified atom stereocenters. The monoisotopic (exact) mass is 305 g/mol. The van der Waals surface area contributed by atoms with Crippen molar-refractivity contribution in [1.82, 2.24) is 5.32 Å². The Hall–Kier alpha value is -1.68. The van der Waals surface area contributed by atoms with Crippen molar-refractivity contribution in [3.05, 3.63) is 29.8 Å². The van der Waals surface area contributed by atoms with E-state index in [-0.39, 0.29) is 41.7 Å². The lowest BCUT2D eigenvalue weighted by Crippen LogP contribution is -2.42. The maximum Gasteiger partial charge on any atom is 0.150 e. The van der Waals surface area contributed by atoms with Crippen LogP contribution < -0.4 is 5.32 Å². The van der Waals surface area contributed by atoms with E-state index in [4.69, 9.17) is 0 Å². The summed E-state index contributed by atoms with van der Waals surface area (Å²) in [6.45, 7) is 7.70. The maximum atomic E-state index is 12.4. The number of phenols is 1. The van der Waals surface area contributed by atoms with Gasteiger partial charge >= 0.3 is 0 Å². The van der Waals surface area contributed by atoms with Crippen LogP contribution in [0, 0.1) is 5.92 Å². The zero-order chi connectivity index (χ0) is 16.7. The average Bonchev–Trinajstić information content (AvgIpc) is 2.45. The fraction of sp³-hybridized carbons (Fsp3) is 0.556. The van der Waals surface area contributed by atoms with Crippen molar-refractivity contribution < 1.29 is 14.7 Å². The van der Waals surface area contributed by atoms with E-state index in [2.05, 4.69) is 5.32 Å². The molecule has 0 radical (unpaired) electrons. The topological polar surface area (TPSA) is 66.4 Å². The second kappa shape index (κ2) is 8.69. The number of carbonyl (C=O) groups is 2. The predicted octanol–water partition coefficient (Wildman–Crippen LogP) is 2.88. The number of hydrogen-bond acceptors (Lipinski definition) is 4. The number of rotatable bonds is 9. The van der Waals surface area contributed by atoms with Crippen molar-refractivity contribution in [2.45, 2.75) is 59.0 Å². The Morgan fingerprint density at radius 3 is 2.05 bits per heavy atom. The highest BCUT2D eigenvalue weighted by atomic mass is 16.3. The van der Waals surface area contributed by atoms with Gasteiger partial charge in [0.1, 0.15) is 11.5 Å². The molecule has 0 aliphatic heterocycles. The van der Waals surface area contributed by atoms with Gasteiger partial charge in [-0.1, -0.05) is 39.8 Å². The number of nitrogens with one attached hydrogen (secondary N) is 1. The summed E-state index contributed by atoms with van der Waals surface area (Å²) < 4.78 is 0. The lowest BCUT2D eigenvalue weighted by molar-refractivity contribution is -0.126. The van der Waals surface area contributed by atoms with E-state index in [1.54, 1.807) is 12.1 Å². The minimum atomic E-state index is -0.301. The van der Waals surface area contributed by atoms with Gasteiger partial charge in [0.15, 0.2) is 5.78 Å². The molecule has 4 nitrogen and oxygen atoms in total. The van der Waals surface area contributed by atoms with Gasteiger partial charge in [-0.3, -0.25) is 9.59 Å². The van der Waals surface area contributed by atoms with Crippen molar-refractivity contribution >= 4 is 11.6 Å². The Labute approximate surface area is 132 Å². The first-order valence-corrected chi connectivity index (χ1v) is 7.89. The van der Waals surface area contributed by atoms with Crippen LogP contribution in [0.25, 0.3) is 0 Å². The number of benzene rings is 1. The third kappa shape index (κ3) is 6.39. The van der Waals surface area contributed by atoms with E-state index in [9.17, 15) is 14.7 Å². The molecule has 4 heteroatoms. The minimum Gasteiger partial charge on any atom is -0.508 e. The number of phenolic OH excluding ortho intramolecular Hbond substituents is 1. The Morgan fingerprint density at radius 2 is 1.55 bits per heavy atom. The van der Waals surface area contributed by atoms with Gasteiger partial charge in [-0.15, -0.1) is 0 Å². The SMILES string of the molecule is CC(C)NC(Cc1ccc(O)cc1)C(=O)CCC(=O)C(C)C. The second-order valence-electron chi connectivity index (χ2n) is 6.33. The van der Waals surface area contributed by atoms with Crippen LogP contribution in [0.3, 0.4) is 0 Å². The molecule has 0 aliphatic carbocycles. The molecule has 22 heavy (non-hydrogen) atoms. The molecule has 0 aliphatic rings. The highest BCUT2D eigenvalue weighted by Gasteiger charge is 2.21. The van der Waals surface area contributed by atoms with Crippen molar-refractivity contribution in [3.63, 3.8) is 0 Å². The van der Waals surface area contributed by atoms with Crippen LogP contribution in [0.2, 0.25) is 0 Å². The molecule has 0 bridgehead atoms. The number of hydrogen-bond donors (Lipinski definition) is 2. The van der Waals surface area contributed by atoms with Gasteiger partial charge in [0.25, 0.3) is 0 Å². The standard InChI is InChI=1S/C18H27NO3/c1-12(2)17(21)9-10-18(22)16(19-13(3)4)11-14-5-7-15(20)8-6-14/h5-8,12-13,16,19-20H,9-11H2,1-4H3. The quantitative estimate of drug-likeness (QED) is 0.736. The fourth-order valence-corrected chi connectivity index (χ4v) is 2.25. The second-order valence-corrected chi connectivity index (χ2v) is 6.33. The van der Waals surface area contributed by atoms with Crippen molar-refractivity contribution in [1.29, 1.82) is 0 Å². The van der Waals surface area contributed by atoms with Crippen molar-refractivity contribution in [2.24, 2.45) is 5.92 Å². The predicted molar refractivity (Wildman–Crippen MR) is 88.0 cm³/mol.